The zero-order chi connectivity index (χ0) is 24.2. The van der Waals surface area contributed by atoms with Crippen LogP contribution in [0.5, 0.6) is 11.6 Å². The molecule has 0 saturated carbocycles. The first-order valence-corrected chi connectivity index (χ1v) is 12.0. The third-order valence-electron chi connectivity index (χ3n) is 6.54. The van der Waals surface area contributed by atoms with Gasteiger partial charge < -0.3 is 14.2 Å². The number of hydrogen-bond acceptors (Lipinski definition) is 5. The van der Waals surface area contributed by atoms with E-state index in [9.17, 15) is 4.79 Å². The van der Waals surface area contributed by atoms with Crippen LogP contribution in [0.4, 0.5) is 0 Å². The van der Waals surface area contributed by atoms with Crippen molar-refractivity contribution in [2.45, 2.75) is 39.2 Å². The van der Waals surface area contributed by atoms with Gasteiger partial charge in [-0.2, -0.15) is 0 Å². The van der Waals surface area contributed by atoms with Crippen LogP contribution in [0.15, 0.2) is 73.3 Å². The highest BCUT2D eigenvalue weighted by Crippen LogP contribution is 2.34. The Kier molecular flexibility index (Phi) is 6.57. The number of nitrogens with zero attached hydrogens (tertiary/aromatic N) is 5. The van der Waals surface area contributed by atoms with Gasteiger partial charge in [0.15, 0.2) is 0 Å². The number of imidazole rings is 1. The van der Waals surface area contributed by atoms with E-state index in [-0.39, 0.29) is 11.8 Å². The number of likely N-dealkylation sites (tertiary alicyclic amines) is 1. The molecule has 5 rings (SSSR count). The summed E-state index contributed by atoms with van der Waals surface area (Å²) in [6.45, 7) is 6.00. The number of ether oxygens (including phenoxy) is 1. The zero-order valence-corrected chi connectivity index (χ0v) is 20.1. The summed E-state index contributed by atoms with van der Waals surface area (Å²) in [7, 11) is 0. The summed E-state index contributed by atoms with van der Waals surface area (Å²) in [4.78, 5) is 28.8. The van der Waals surface area contributed by atoms with Crippen LogP contribution < -0.4 is 4.74 Å². The highest BCUT2D eigenvalue weighted by molar-refractivity contribution is 5.94. The Bertz CT molecular complexity index is 1330. The van der Waals surface area contributed by atoms with Crippen LogP contribution in [0.25, 0.3) is 0 Å². The van der Waals surface area contributed by atoms with Crippen LogP contribution in [0, 0.1) is 13.8 Å². The monoisotopic (exact) mass is 467 g/mol. The molecule has 0 unspecified atom stereocenters. The lowest BCUT2D eigenvalue weighted by Gasteiger charge is -2.33. The first kappa shape index (κ1) is 22.8. The van der Waals surface area contributed by atoms with Crippen LogP contribution in [0.2, 0.25) is 0 Å². The van der Waals surface area contributed by atoms with E-state index in [4.69, 9.17) is 4.74 Å². The Morgan fingerprint density at radius 3 is 2.71 bits per heavy atom. The molecule has 35 heavy (non-hydrogen) atoms. The molecule has 1 aliphatic heterocycles. The van der Waals surface area contributed by atoms with E-state index in [1.54, 1.807) is 18.6 Å². The summed E-state index contributed by atoms with van der Waals surface area (Å²) >= 11 is 0. The number of carbonyl (C=O) groups is 1. The number of benzene rings is 2. The molecule has 178 valence electrons. The summed E-state index contributed by atoms with van der Waals surface area (Å²) in [5, 5.41) is 0. The second-order valence-corrected chi connectivity index (χ2v) is 9.01. The van der Waals surface area contributed by atoms with Crippen molar-refractivity contribution in [3.8, 4) is 11.6 Å². The van der Waals surface area contributed by atoms with E-state index in [1.807, 2.05) is 73.5 Å². The molecular weight excluding hydrogens is 438 g/mol. The topological polar surface area (TPSA) is 73.1 Å². The number of hydrogen-bond donors (Lipinski definition) is 0. The molecule has 2 aromatic heterocycles. The maximum atomic E-state index is 13.5. The Morgan fingerprint density at radius 1 is 1.03 bits per heavy atom. The summed E-state index contributed by atoms with van der Waals surface area (Å²) in [6.07, 6.45) is 8.94. The van der Waals surface area contributed by atoms with Gasteiger partial charge in [0.25, 0.3) is 5.91 Å². The molecule has 3 heterocycles. The molecule has 0 N–H and O–H groups in total. The lowest BCUT2D eigenvalue weighted by atomic mass is 9.94. The Labute approximate surface area is 205 Å². The van der Waals surface area contributed by atoms with E-state index in [0.717, 1.165) is 47.8 Å². The largest absolute Gasteiger partial charge is 0.437 e. The van der Waals surface area contributed by atoms with Crippen molar-refractivity contribution in [3.63, 3.8) is 0 Å². The van der Waals surface area contributed by atoms with Gasteiger partial charge in [-0.25, -0.2) is 9.97 Å². The van der Waals surface area contributed by atoms with Crippen LogP contribution in [0.1, 0.15) is 51.8 Å². The number of amides is 1. The van der Waals surface area contributed by atoms with Gasteiger partial charge in [-0.15, -0.1) is 0 Å². The van der Waals surface area contributed by atoms with Crippen molar-refractivity contribution in [1.82, 2.24) is 24.4 Å². The molecule has 0 bridgehead atoms. The normalized spacial score (nSPS) is 15.7. The first-order chi connectivity index (χ1) is 17.1. The van der Waals surface area contributed by atoms with E-state index < -0.39 is 0 Å². The van der Waals surface area contributed by atoms with Crippen molar-refractivity contribution in [1.29, 1.82) is 0 Å². The lowest BCUT2D eigenvalue weighted by Crippen LogP contribution is -2.39. The smallest absolute Gasteiger partial charge is 0.253 e. The molecule has 2 aromatic carbocycles. The summed E-state index contributed by atoms with van der Waals surface area (Å²) in [5.74, 6) is 2.34. The molecule has 7 heteroatoms. The number of carbonyl (C=O) groups excluding carboxylic acids is 1. The van der Waals surface area contributed by atoms with Crippen molar-refractivity contribution < 1.29 is 9.53 Å². The Morgan fingerprint density at radius 2 is 1.89 bits per heavy atom. The molecule has 1 amide bonds. The fraction of sp³-hybridized carbons (Fsp3) is 0.286. The van der Waals surface area contributed by atoms with Gasteiger partial charge in [0.1, 0.15) is 17.3 Å². The molecule has 0 aliphatic carbocycles. The quantitative estimate of drug-likeness (QED) is 0.392. The summed E-state index contributed by atoms with van der Waals surface area (Å²) in [6, 6.07) is 15.7. The van der Waals surface area contributed by atoms with Crippen molar-refractivity contribution in [2.75, 3.05) is 13.1 Å². The maximum Gasteiger partial charge on any atom is 0.253 e. The average Bonchev–Trinajstić information content (AvgIpc) is 3.29. The van der Waals surface area contributed by atoms with Crippen molar-refractivity contribution >= 4 is 5.91 Å². The first-order valence-electron chi connectivity index (χ1n) is 12.0. The summed E-state index contributed by atoms with van der Waals surface area (Å²) < 4.78 is 8.24. The molecule has 7 nitrogen and oxygen atoms in total. The maximum absolute atomic E-state index is 13.5. The van der Waals surface area contributed by atoms with Crippen molar-refractivity contribution in [3.05, 3.63) is 102 Å². The fourth-order valence-corrected chi connectivity index (χ4v) is 4.61. The van der Waals surface area contributed by atoms with Gasteiger partial charge in [-0.05, 0) is 56.0 Å². The van der Waals surface area contributed by atoms with Crippen LogP contribution >= 0.6 is 0 Å². The predicted octanol–water partition coefficient (Wildman–Crippen LogP) is 5.15. The highest BCUT2D eigenvalue weighted by Gasteiger charge is 2.29. The Balaban J connectivity index is 1.33. The SMILES string of the molecule is Cc1ccccc1Oc1nccnc1[C@@H]1CCCN(C(=O)c2cccc(Cn3ccnc3C)c2)C1. The van der Waals surface area contributed by atoms with Gasteiger partial charge in [-0.3, -0.25) is 9.78 Å². The Hall–Kier alpha value is -4.00. The molecular formula is C28H29N5O2. The number of piperidine rings is 1. The number of rotatable bonds is 6. The number of aromatic nitrogens is 4. The van der Waals surface area contributed by atoms with E-state index in [2.05, 4.69) is 19.5 Å². The summed E-state index contributed by atoms with van der Waals surface area (Å²) in [5.41, 5.74) is 3.62. The minimum Gasteiger partial charge on any atom is -0.437 e. The van der Waals surface area contributed by atoms with Gasteiger partial charge >= 0.3 is 0 Å². The number of para-hydroxylation sites is 1. The van der Waals surface area contributed by atoms with Crippen molar-refractivity contribution in [2.24, 2.45) is 0 Å². The number of aryl methyl sites for hydroxylation is 2. The molecule has 1 fully saturated rings. The molecule has 4 aromatic rings. The van der Waals surface area contributed by atoms with Gasteiger partial charge in [0, 0.05) is 55.9 Å². The molecule has 1 atom stereocenters. The molecule has 0 radical (unpaired) electrons. The zero-order valence-electron chi connectivity index (χ0n) is 20.1. The third kappa shape index (κ3) is 5.09. The second-order valence-electron chi connectivity index (χ2n) is 9.01. The minimum absolute atomic E-state index is 0.0455. The van der Waals surface area contributed by atoms with E-state index in [1.165, 1.54) is 0 Å². The van der Waals surface area contributed by atoms with E-state index >= 15 is 0 Å². The van der Waals surface area contributed by atoms with Crippen LogP contribution in [-0.2, 0) is 6.54 Å². The predicted molar refractivity (Wildman–Crippen MR) is 134 cm³/mol. The molecule has 0 spiro atoms. The second kappa shape index (κ2) is 10.1. The molecule has 1 aliphatic rings. The van der Waals surface area contributed by atoms with Gasteiger partial charge in [-0.1, -0.05) is 30.3 Å². The lowest BCUT2D eigenvalue weighted by molar-refractivity contribution is 0.0704. The van der Waals surface area contributed by atoms with Crippen LogP contribution in [0.3, 0.4) is 0 Å². The third-order valence-corrected chi connectivity index (χ3v) is 6.54. The fourth-order valence-electron chi connectivity index (χ4n) is 4.61. The average molecular weight is 468 g/mol. The highest BCUT2D eigenvalue weighted by atomic mass is 16.5. The van der Waals surface area contributed by atoms with E-state index in [0.29, 0.717) is 24.5 Å². The minimum atomic E-state index is 0.0455. The molecule has 1 saturated heterocycles. The standard InChI is InChI=1S/C28H29N5O2/c1-20-7-3-4-11-25(20)35-27-26(30-12-13-31-27)24-10-6-15-33(19-24)28(34)23-9-5-8-22(17-23)18-32-16-14-29-21(32)2/h3-5,7-9,11-14,16-17,24H,6,10,15,18-19H2,1-2H3/t24-/m1/s1. The van der Waals surface area contributed by atoms with Gasteiger partial charge in [0.05, 0.1) is 0 Å². The van der Waals surface area contributed by atoms with Crippen LogP contribution in [-0.4, -0.2) is 43.4 Å². The van der Waals surface area contributed by atoms with Gasteiger partial charge in [0.2, 0.25) is 5.88 Å².